The van der Waals surface area contributed by atoms with Gasteiger partial charge >= 0.3 is 5.97 Å². The maximum absolute atomic E-state index is 12.0. The Hall–Kier alpha value is -2.80. The quantitative estimate of drug-likeness (QED) is 0.736. The van der Waals surface area contributed by atoms with E-state index < -0.39 is 29.7 Å². The van der Waals surface area contributed by atoms with E-state index in [1.54, 1.807) is 31.2 Å². The summed E-state index contributed by atoms with van der Waals surface area (Å²) in [6, 6.07) is 7.80. The van der Waals surface area contributed by atoms with Crippen LogP contribution in [-0.2, 0) is 16.1 Å². The van der Waals surface area contributed by atoms with Crippen molar-refractivity contribution in [3.8, 4) is 11.5 Å². The summed E-state index contributed by atoms with van der Waals surface area (Å²) >= 11 is 0. The average Bonchev–Trinajstić information content (AvgIpc) is 2.62. The van der Waals surface area contributed by atoms with Crippen molar-refractivity contribution in [3.05, 3.63) is 57.6 Å². The molecule has 1 atom stereocenters. The van der Waals surface area contributed by atoms with E-state index in [0.717, 1.165) is 6.07 Å². The van der Waals surface area contributed by atoms with Crippen molar-refractivity contribution in [3.63, 3.8) is 0 Å². The van der Waals surface area contributed by atoms with Gasteiger partial charge in [-0.05, 0) is 24.6 Å². The molecule has 2 N–H and O–H groups in total. The van der Waals surface area contributed by atoms with Gasteiger partial charge in [-0.15, -0.1) is 0 Å². The van der Waals surface area contributed by atoms with Gasteiger partial charge in [0, 0.05) is 6.07 Å². The molecule has 0 saturated heterocycles. The van der Waals surface area contributed by atoms with Gasteiger partial charge in [0.2, 0.25) is 11.2 Å². The number of esters is 1. The molecule has 0 aliphatic carbocycles. The van der Waals surface area contributed by atoms with Crippen molar-refractivity contribution in [1.82, 2.24) is 0 Å². The molecular formula is C18H20O7. The Morgan fingerprint density at radius 2 is 1.96 bits per heavy atom. The van der Waals surface area contributed by atoms with Crippen LogP contribution in [-0.4, -0.2) is 29.9 Å². The largest absolute Gasteiger partial charge is 0.502 e. The summed E-state index contributed by atoms with van der Waals surface area (Å²) in [5.74, 6) is -1.31. The van der Waals surface area contributed by atoms with E-state index in [-0.39, 0.29) is 24.5 Å². The summed E-state index contributed by atoms with van der Waals surface area (Å²) in [5.41, 5.74) is -0.0601. The maximum atomic E-state index is 12.0. The number of aliphatic hydroxyl groups is 1. The van der Waals surface area contributed by atoms with Crippen molar-refractivity contribution >= 4 is 5.97 Å². The zero-order valence-electron chi connectivity index (χ0n) is 14.0. The van der Waals surface area contributed by atoms with E-state index in [2.05, 4.69) is 0 Å². The fourth-order valence-electron chi connectivity index (χ4n) is 2.45. The van der Waals surface area contributed by atoms with E-state index in [4.69, 9.17) is 13.9 Å². The van der Waals surface area contributed by atoms with Gasteiger partial charge in [-0.3, -0.25) is 9.59 Å². The molecule has 2 rings (SSSR count). The van der Waals surface area contributed by atoms with Crippen LogP contribution in [0.5, 0.6) is 11.5 Å². The van der Waals surface area contributed by atoms with Crippen LogP contribution in [0.3, 0.4) is 0 Å². The number of benzene rings is 1. The molecule has 0 fully saturated rings. The van der Waals surface area contributed by atoms with Gasteiger partial charge in [0.15, 0.2) is 5.76 Å². The normalized spacial score (nSPS) is 11.8. The third-order valence-electron chi connectivity index (χ3n) is 3.67. The molecule has 0 radical (unpaired) electrons. The lowest BCUT2D eigenvalue weighted by Gasteiger charge is -2.17. The summed E-state index contributed by atoms with van der Waals surface area (Å²) in [5, 5.41) is 19.4. The number of hydrogen-bond acceptors (Lipinski definition) is 7. The maximum Gasteiger partial charge on any atom is 0.306 e. The lowest BCUT2D eigenvalue weighted by Crippen LogP contribution is -2.15. The molecule has 0 unspecified atom stereocenters. The molecule has 134 valence electrons. The zero-order chi connectivity index (χ0) is 18.4. The molecule has 0 saturated carbocycles. The number of ether oxygens (including phenoxy) is 2. The third-order valence-corrected chi connectivity index (χ3v) is 3.67. The van der Waals surface area contributed by atoms with Gasteiger partial charge in [-0.25, -0.2) is 0 Å². The summed E-state index contributed by atoms with van der Waals surface area (Å²) in [7, 11) is 1.53. The lowest BCUT2D eigenvalue weighted by atomic mass is 9.92. The van der Waals surface area contributed by atoms with Gasteiger partial charge in [0.1, 0.15) is 18.1 Å². The Balaban J connectivity index is 2.52. The molecular weight excluding hydrogens is 328 g/mol. The van der Waals surface area contributed by atoms with Crippen molar-refractivity contribution in [2.75, 3.05) is 13.7 Å². The Labute approximate surface area is 144 Å². The Bertz CT molecular complexity index is 777. The third kappa shape index (κ3) is 4.39. The first-order valence-corrected chi connectivity index (χ1v) is 7.76. The summed E-state index contributed by atoms with van der Waals surface area (Å²) in [6.45, 7) is 1.39. The lowest BCUT2D eigenvalue weighted by molar-refractivity contribution is -0.143. The van der Waals surface area contributed by atoms with Crippen LogP contribution in [0.15, 0.2) is 39.5 Å². The van der Waals surface area contributed by atoms with Gasteiger partial charge in [0.05, 0.1) is 26.1 Å². The monoisotopic (exact) mass is 348 g/mol. The van der Waals surface area contributed by atoms with Gasteiger partial charge in [-0.1, -0.05) is 12.1 Å². The second-order valence-electron chi connectivity index (χ2n) is 5.28. The standard InChI is InChI=1S/C18H20O7/c1-3-24-16(21)9-14(11-4-6-12(23-2)7-5-11)18-17(22)15(20)8-13(10-19)25-18/h4-8,14,19,22H,3,9-10H2,1-2H3/t14-/m0/s1. The number of carbonyl (C=O) groups excluding carboxylic acids is 1. The number of aromatic hydroxyl groups is 1. The van der Waals surface area contributed by atoms with E-state index >= 15 is 0 Å². The predicted molar refractivity (Wildman–Crippen MR) is 88.7 cm³/mol. The van der Waals surface area contributed by atoms with Crippen molar-refractivity contribution in [2.24, 2.45) is 0 Å². The summed E-state index contributed by atoms with van der Waals surface area (Å²) < 4.78 is 15.5. The SMILES string of the molecule is CCOC(=O)C[C@@H](c1ccc(OC)cc1)c1oc(CO)cc(=O)c1O. The molecule has 7 heteroatoms. The van der Waals surface area contributed by atoms with Crippen molar-refractivity contribution < 1.29 is 28.9 Å². The molecule has 2 aromatic rings. The number of aliphatic hydroxyl groups excluding tert-OH is 1. The molecule has 1 aromatic carbocycles. The van der Waals surface area contributed by atoms with Crippen LogP contribution in [0.4, 0.5) is 0 Å². The fraction of sp³-hybridized carbons (Fsp3) is 0.333. The molecule has 7 nitrogen and oxygen atoms in total. The van der Waals surface area contributed by atoms with Crippen LogP contribution in [0.25, 0.3) is 0 Å². The zero-order valence-corrected chi connectivity index (χ0v) is 14.0. The minimum atomic E-state index is -0.746. The molecule has 25 heavy (non-hydrogen) atoms. The molecule has 0 aliphatic rings. The highest BCUT2D eigenvalue weighted by atomic mass is 16.5. The first-order valence-electron chi connectivity index (χ1n) is 7.76. The Morgan fingerprint density at radius 3 is 2.52 bits per heavy atom. The molecule has 0 aliphatic heterocycles. The second-order valence-corrected chi connectivity index (χ2v) is 5.28. The van der Waals surface area contributed by atoms with Crippen molar-refractivity contribution in [2.45, 2.75) is 25.9 Å². The molecule has 1 heterocycles. The van der Waals surface area contributed by atoms with Crippen molar-refractivity contribution in [1.29, 1.82) is 0 Å². The van der Waals surface area contributed by atoms with Gasteiger partial charge in [0.25, 0.3) is 0 Å². The highest BCUT2D eigenvalue weighted by molar-refractivity contribution is 5.71. The fourth-order valence-corrected chi connectivity index (χ4v) is 2.45. The van der Waals surface area contributed by atoms with E-state index in [0.29, 0.717) is 11.3 Å². The smallest absolute Gasteiger partial charge is 0.306 e. The molecule has 0 spiro atoms. The molecule has 0 amide bonds. The summed E-state index contributed by atoms with van der Waals surface area (Å²) in [6.07, 6.45) is -0.133. The number of hydrogen-bond donors (Lipinski definition) is 2. The first kappa shape index (κ1) is 18.5. The van der Waals surface area contributed by atoms with E-state index in [1.807, 2.05) is 0 Å². The van der Waals surface area contributed by atoms with Gasteiger partial charge < -0.3 is 24.1 Å². The summed E-state index contributed by atoms with van der Waals surface area (Å²) in [4.78, 5) is 23.9. The van der Waals surface area contributed by atoms with Crippen LogP contribution in [0.1, 0.15) is 36.3 Å². The first-order chi connectivity index (χ1) is 12.0. The Kier molecular flexibility index (Phi) is 6.19. The topological polar surface area (TPSA) is 106 Å². The highest BCUT2D eigenvalue weighted by Crippen LogP contribution is 2.34. The number of rotatable bonds is 7. The minimum Gasteiger partial charge on any atom is -0.502 e. The van der Waals surface area contributed by atoms with Crippen LogP contribution in [0.2, 0.25) is 0 Å². The van der Waals surface area contributed by atoms with Crippen LogP contribution in [0, 0.1) is 0 Å². The van der Waals surface area contributed by atoms with Crippen LogP contribution < -0.4 is 10.2 Å². The molecule has 0 bridgehead atoms. The van der Waals surface area contributed by atoms with Gasteiger partial charge in [-0.2, -0.15) is 0 Å². The predicted octanol–water partition coefficient (Wildman–Crippen LogP) is 1.93. The van der Waals surface area contributed by atoms with Crippen LogP contribution >= 0.6 is 0 Å². The average molecular weight is 348 g/mol. The molecule has 1 aromatic heterocycles. The second kappa shape index (κ2) is 8.34. The minimum absolute atomic E-state index is 0.000158. The number of methoxy groups -OCH3 is 1. The van der Waals surface area contributed by atoms with E-state index in [1.165, 1.54) is 7.11 Å². The highest BCUT2D eigenvalue weighted by Gasteiger charge is 2.26. The van der Waals surface area contributed by atoms with E-state index in [9.17, 15) is 19.8 Å². The number of carbonyl (C=O) groups is 1. The Morgan fingerprint density at radius 1 is 1.28 bits per heavy atom.